The van der Waals surface area contributed by atoms with E-state index in [1.165, 1.54) is 7.11 Å². The molecule has 0 N–H and O–H groups in total. The van der Waals surface area contributed by atoms with Gasteiger partial charge >= 0.3 is 5.97 Å². The second-order valence-electron chi connectivity index (χ2n) is 7.51. The van der Waals surface area contributed by atoms with Gasteiger partial charge in [-0.3, -0.25) is 14.4 Å². The summed E-state index contributed by atoms with van der Waals surface area (Å²) in [5.74, 6) is -0.146. The SMILES string of the molecule is CCOC(=O)[C@@H]1[C@@H](OC)C(=O)N(C)C12CCN(C(=O)c1cc(C)oc1C)CC2. The Morgan fingerprint density at radius 1 is 1.29 bits per heavy atom. The van der Waals surface area contributed by atoms with Gasteiger partial charge in [0, 0.05) is 27.2 Å². The minimum atomic E-state index is -0.856. The molecule has 0 radical (unpaired) electrons. The number of piperidine rings is 1. The van der Waals surface area contributed by atoms with E-state index in [0.717, 1.165) is 0 Å². The molecule has 1 aromatic heterocycles. The van der Waals surface area contributed by atoms with Crippen LogP contribution in [-0.2, 0) is 19.1 Å². The van der Waals surface area contributed by atoms with Gasteiger partial charge in [0.25, 0.3) is 11.8 Å². The van der Waals surface area contributed by atoms with E-state index >= 15 is 0 Å². The molecular weight excluding hydrogens is 364 g/mol. The van der Waals surface area contributed by atoms with Crippen molar-refractivity contribution in [3.63, 3.8) is 0 Å². The molecule has 0 bridgehead atoms. The van der Waals surface area contributed by atoms with Crippen molar-refractivity contribution in [2.75, 3.05) is 33.9 Å². The molecule has 2 aliphatic rings. The van der Waals surface area contributed by atoms with Crippen molar-refractivity contribution >= 4 is 17.8 Å². The number of methoxy groups -OCH3 is 1. The maximum atomic E-state index is 12.9. The molecule has 2 atom stereocenters. The zero-order valence-corrected chi connectivity index (χ0v) is 17.1. The Bertz CT molecular complexity index is 778. The van der Waals surface area contributed by atoms with Crippen molar-refractivity contribution in [1.82, 2.24) is 9.80 Å². The van der Waals surface area contributed by atoms with Gasteiger partial charge in [-0.05, 0) is 39.7 Å². The Morgan fingerprint density at radius 2 is 1.93 bits per heavy atom. The summed E-state index contributed by atoms with van der Waals surface area (Å²) in [5.41, 5.74) is -0.150. The lowest BCUT2D eigenvalue weighted by Crippen LogP contribution is -2.57. The molecule has 2 saturated heterocycles. The number of likely N-dealkylation sites (tertiary alicyclic amines) is 2. The molecule has 1 aromatic rings. The van der Waals surface area contributed by atoms with Gasteiger partial charge in [0.15, 0.2) is 6.10 Å². The Balaban J connectivity index is 1.83. The standard InChI is InChI=1S/C20H28N2O6/c1-6-27-19(25)15-16(26-5)18(24)21(4)20(15)7-9-22(10-8-20)17(23)14-11-12(2)28-13(14)3/h11,15-16H,6-10H2,1-5H3/t15-,16+/m0/s1. The molecule has 0 aliphatic carbocycles. The Kier molecular flexibility index (Phi) is 5.52. The van der Waals surface area contributed by atoms with E-state index in [1.807, 2.05) is 6.92 Å². The van der Waals surface area contributed by atoms with Crippen molar-refractivity contribution in [3.8, 4) is 0 Å². The number of ether oxygens (including phenoxy) is 2. The van der Waals surface area contributed by atoms with Crippen LogP contribution >= 0.6 is 0 Å². The lowest BCUT2D eigenvalue weighted by atomic mass is 9.76. The highest BCUT2D eigenvalue weighted by molar-refractivity contribution is 5.96. The average molecular weight is 392 g/mol. The van der Waals surface area contributed by atoms with Crippen LogP contribution in [0.5, 0.6) is 0 Å². The van der Waals surface area contributed by atoms with E-state index < -0.39 is 23.5 Å². The summed E-state index contributed by atoms with van der Waals surface area (Å²) in [6.45, 7) is 6.43. The normalized spacial score (nSPS) is 24.1. The lowest BCUT2D eigenvalue weighted by Gasteiger charge is -2.45. The van der Waals surface area contributed by atoms with E-state index in [1.54, 1.807) is 36.8 Å². The van der Waals surface area contributed by atoms with Gasteiger partial charge in [-0.2, -0.15) is 0 Å². The van der Waals surface area contributed by atoms with Crippen molar-refractivity contribution in [1.29, 1.82) is 0 Å². The fourth-order valence-electron chi connectivity index (χ4n) is 4.61. The average Bonchev–Trinajstić information content (AvgIpc) is 3.11. The minimum Gasteiger partial charge on any atom is -0.466 e. The first-order valence-corrected chi connectivity index (χ1v) is 9.60. The molecule has 28 heavy (non-hydrogen) atoms. The number of hydrogen-bond donors (Lipinski definition) is 0. The molecule has 3 heterocycles. The predicted molar refractivity (Wildman–Crippen MR) is 99.7 cm³/mol. The first-order chi connectivity index (χ1) is 13.3. The highest BCUT2D eigenvalue weighted by Crippen LogP contribution is 2.44. The summed E-state index contributed by atoms with van der Waals surface area (Å²) < 4.78 is 16.1. The van der Waals surface area contributed by atoms with Gasteiger partial charge in [0.1, 0.15) is 17.4 Å². The smallest absolute Gasteiger partial charge is 0.314 e. The second-order valence-corrected chi connectivity index (χ2v) is 7.51. The van der Waals surface area contributed by atoms with Crippen molar-refractivity contribution in [3.05, 3.63) is 23.2 Å². The number of aryl methyl sites for hydroxylation is 2. The molecule has 2 amide bonds. The molecule has 0 saturated carbocycles. The third kappa shape index (κ3) is 3.09. The third-order valence-electron chi connectivity index (χ3n) is 6.11. The zero-order valence-electron chi connectivity index (χ0n) is 17.1. The largest absolute Gasteiger partial charge is 0.466 e. The number of amides is 2. The van der Waals surface area contributed by atoms with E-state index in [9.17, 15) is 14.4 Å². The van der Waals surface area contributed by atoms with Crippen LogP contribution in [0.4, 0.5) is 0 Å². The van der Waals surface area contributed by atoms with Crippen molar-refractivity contribution in [2.45, 2.75) is 45.3 Å². The topological polar surface area (TPSA) is 89.3 Å². The molecular formula is C20H28N2O6. The van der Waals surface area contributed by atoms with Gasteiger partial charge in [0.05, 0.1) is 17.7 Å². The number of rotatable bonds is 4. The van der Waals surface area contributed by atoms with Gasteiger partial charge in [-0.1, -0.05) is 0 Å². The van der Waals surface area contributed by atoms with Crippen LogP contribution in [0.25, 0.3) is 0 Å². The fourth-order valence-corrected chi connectivity index (χ4v) is 4.61. The molecule has 154 valence electrons. The van der Waals surface area contributed by atoms with Crippen LogP contribution in [-0.4, -0.2) is 73.1 Å². The number of likely N-dealkylation sites (N-methyl/N-ethyl adjacent to an activating group) is 1. The molecule has 2 fully saturated rings. The van der Waals surface area contributed by atoms with E-state index in [4.69, 9.17) is 13.9 Å². The molecule has 8 nitrogen and oxygen atoms in total. The molecule has 0 aromatic carbocycles. The highest BCUT2D eigenvalue weighted by atomic mass is 16.5. The fraction of sp³-hybridized carbons (Fsp3) is 0.650. The predicted octanol–water partition coefficient (Wildman–Crippen LogP) is 1.54. The summed E-state index contributed by atoms with van der Waals surface area (Å²) >= 11 is 0. The number of furan rings is 1. The maximum Gasteiger partial charge on any atom is 0.314 e. The van der Waals surface area contributed by atoms with Crippen molar-refractivity contribution < 1.29 is 28.3 Å². The maximum absolute atomic E-state index is 12.9. The zero-order chi connectivity index (χ0) is 20.6. The number of carbonyl (C=O) groups is 3. The first-order valence-electron chi connectivity index (χ1n) is 9.60. The molecule has 8 heteroatoms. The summed E-state index contributed by atoms with van der Waals surface area (Å²) in [6.07, 6.45) is 0.116. The van der Waals surface area contributed by atoms with Crippen LogP contribution in [0.15, 0.2) is 10.5 Å². The number of esters is 1. The number of carbonyl (C=O) groups excluding carboxylic acids is 3. The second kappa shape index (κ2) is 7.58. The van der Waals surface area contributed by atoms with Crippen molar-refractivity contribution in [2.24, 2.45) is 5.92 Å². The summed E-state index contributed by atoms with van der Waals surface area (Å²) in [5, 5.41) is 0. The molecule has 3 rings (SSSR count). The highest BCUT2D eigenvalue weighted by Gasteiger charge is 2.62. The van der Waals surface area contributed by atoms with Gasteiger partial charge in [-0.25, -0.2) is 0 Å². The van der Waals surface area contributed by atoms with E-state index in [0.29, 0.717) is 43.0 Å². The summed E-state index contributed by atoms with van der Waals surface area (Å²) in [6, 6.07) is 1.75. The Hall–Kier alpha value is -2.35. The molecule has 2 aliphatic heterocycles. The molecule has 1 spiro atoms. The number of hydrogen-bond acceptors (Lipinski definition) is 6. The van der Waals surface area contributed by atoms with Crippen LogP contribution < -0.4 is 0 Å². The lowest BCUT2D eigenvalue weighted by molar-refractivity contribution is -0.157. The quantitative estimate of drug-likeness (QED) is 0.722. The van der Waals surface area contributed by atoms with E-state index in [-0.39, 0.29) is 18.4 Å². The van der Waals surface area contributed by atoms with Crippen LogP contribution in [0, 0.1) is 19.8 Å². The van der Waals surface area contributed by atoms with Crippen LogP contribution in [0.3, 0.4) is 0 Å². The summed E-state index contributed by atoms with van der Waals surface area (Å²) in [7, 11) is 3.14. The number of nitrogens with zero attached hydrogens (tertiary/aromatic N) is 2. The Labute approximate surface area is 164 Å². The van der Waals surface area contributed by atoms with Gasteiger partial charge in [0.2, 0.25) is 0 Å². The first kappa shape index (κ1) is 20.4. The molecule has 0 unspecified atom stereocenters. The minimum absolute atomic E-state index is 0.0906. The monoisotopic (exact) mass is 392 g/mol. The van der Waals surface area contributed by atoms with Gasteiger partial charge in [-0.15, -0.1) is 0 Å². The Morgan fingerprint density at radius 3 is 2.43 bits per heavy atom. The van der Waals surface area contributed by atoms with Crippen LogP contribution in [0.2, 0.25) is 0 Å². The van der Waals surface area contributed by atoms with Gasteiger partial charge < -0.3 is 23.7 Å². The summed E-state index contributed by atoms with van der Waals surface area (Å²) in [4.78, 5) is 41.7. The third-order valence-corrected chi connectivity index (χ3v) is 6.11. The van der Waals surface area contributed by atoms with Crippen LogP contribution in [0.1, 0.15) is 41.6 Å². The van der Waals surface area contributed by atoms with E-state index in [2.05, 4.69) is 0 Å².